The van der Waals surface area contributed by atoms with Gasteiger partial charge >= 0.3 is 0 Å². The van der Waals surface area contributed by atoms with Crippen LogP contribution in [0, 0.1) is 6.92 Å². The van der Waals surface area contributed by atoms with E-state index in [0.717, 1.165) is 44.8 Å². The minimum atomic E-state index is -0.334. The van der Waals surface area contributed by atoms with Gasteiger partial charge in [0.25, 0.3) is 0 Å². The first kappa shape index (κ1) is 18.9. The molecule has 2 fully saturated rings. The monoisotopic (exact) mass is 360 g/mol. The Kier molecular flexibility index (Phi) is 6.63. The zero-order chi connectivity index (χ0) is 18.4. The van der Waals surface area contributed by atoms with Gasteiger partial charge in [-0.15, -0.1) is 0 Å². The molecule has 0 aliphatic carbocycles. The highest BCUT2D eigenvalue weighted by Gasteiger charge is 2.35. The van der Waals surface area contributed by atoms with Crippen LogP contribution in [0.2, 0.25) is 0 Å². The van der Waals surface area contributed by atoms with E-state index in [1.807, 2.05) is 31.2 Å². The van der Waals surface area contributed by atoms with Crippen molar-refractivity contribution >= 4 is 11.8 Å². The standard InChI is InChI=1S/C20H29N3O3/c1-16-3-5-17(6-4-16)15-23-18(7-8-19(23)24)20(25)21-9-2-10-22-11-13-26-14-12-22/h3-6,18H,2,7-15H2,1H3,(H,21,25)/p+1. The summed E-state index contributed by atoms with van der Waals surface area (Å²) in [5.41, 5.74) is 2.26. The van der Waals surface area contributed by atoms with Gasteiger partial charge in [0.1, 0.15) is 19.1 Å². The van der Waals surface area contributed by atoms with Crippen LogP contribution in [0.25, 0.3) is 0 Å². The summed E-state index contributed by atoms with van der Waals surface area (Å²) in [7, 11) is 0. The highest BCUT2D eigenvalue weighted by molar-refractivity contribution is 5.90. The molecule has 0 aromatic heterocycles. The van der Waals surface area contributed by atoms with Gasteiger partial charge in [-0.25, -0.2) is 0 Å². The normalized spacial score (nSPS) is 21.2. The number of ether oxygens (including phenoxy) is 1. The lowest BCUT2D eigenvalue weighted by Gasteiger charge is -2.25. The van der Waals surface area contributed by atoms with Crippen molar-refractivity contribution in [2.75, 3.05) is 39.4 Å². The molecule has 1 atom stereocenters. The number of hydrogen-bond acceptors (Lipinski definition) is 3. The molecule has 0 radical (unpaired) electrons. The lowest BCUT2D eigenvalue weighted by atomic mass is 10.1. The number of morpholine rings is 1. The second-order valence-electron chi connectivity index (χ2n) is 7.32. The Labute approximate surface area is 155 Å². The van der Waals surface area contributed by atoms with Crippen LogP contribution < -0.4 is 10.2 Å². The van der Waals surface area contributed by atoms with Crippen molar-refractivity contribution < 1.29 is 19.2 Å². The van der Waals surface area contributed by atoms with Gasteiger partial charge < -0.3 is 19.9 Å². The predicted octanol–water partition coefficient (Wildman–Crippen LogP) is -0.0926. The van der Waals surface area contributed by atoms with E-state index in [4.69, 9.17) is 4.74 Å². The van der Waals surface area contributed by atoms with E-state index in [9.17, 15) is 9.59 Å². The van der Waals surface area contributed by atoms with Crippen molar-refractivity contribution in [2.24, 2.45) is 0 Å². The van der Waals surface area contributed by atoms with E-state index >= 15 is 0 Å². The highest BCUT2D eigenvalue weighted by atomic mass is 16.5. The van der Waals surface area contributed by atoms with Gasteiger partial charge in [-0.2, -0.15) is 0 Å². The number of amides is 2. The molecule has 2 heterocycles. The summed E-state index contributed by atoms with van der Waals surface area (Å²) >= 11 is 0. The molecule has 1 aromatic rings. The van der Waals surface area contributed by atoms with Gasteiger partial charge in [-0.1, -0.05) is 29.8 Å². The van der Waals surface area contributed by atoms with E-state index in [2.05, 4.69) is 5.32 Å². The number of nitrogens with one attached hydrogen (secondary N) is 2. The molecule has 142 valence electrons. The molecule has 6 nitrogen and oxygen atoms in total. The average molecular weight is 360 g/mol. The molecule has 2 aliphatic heterocycles. The number of quaternary nitrogens is 1. The smallest absolute Gasteiger partial charge is 0.242 e. The topological polar surface area (TPSA) is 63.1 Å². The zero-order valence-electron chi connectivity index (χ0n) is 15.6. The molecule has 0 spiro atoms. The van der Waals surface area contributed by atoms with Gasteiger partial charge in [0.05, 0.1) is 19.8 Å². The van der Waals surface area contributed by atoms with Crippen molar-refractivity contribution in [2.45, 2.75) is 38.8 Å². The number of likely N-dealkylation sites (tertiary alicyclic amines) is 1. The van der Waals surface area contributed by atoms with Crippen LogP contribution in [0.5, 0.6) is 0 Å². The molecule has 0 bridgehead atoms. The number of hydrogen-bond donors (Lipinski definition) is 2. The molecule has 2 aliphatic rings. The molecule has 0 saturated carbocycles. The fourth-order valence-electron chi connectivity index (χ4n) is 3.67. The maximum absolute atomic E-state index is 12.6. The molecule has 2 amide bonds. The molecule has 2 N–H and O–H groups in total. The quantitative estimate of drug-likeness (QED) is 0.668. The average Bonchev–Trinajstić information content (AvgIpc) is 3.02. The number of rotatable bonds is 7. The maximum Gasteiger partial charge on any atom is 0.242 e. The largest absolute Gasteiger partial charge is 0.370 e. The number of nitrogens with zero attached hydrogens (tertiary/aromatic N) is 1. The highest BCUT2D eigenvalue weighted by Crippen LogP contribution is 2.21. The lowest BCUT2D eigenvalue weighted by molar-refractivity contribution is -0.908. The van der Waals surface area contributed by atoms with Crippen LogP contribution in [-0.2, 0) is 20.9 Å². The van der Waals surface area contributed by atoms with Crippen molar-refractivity contribution in [3.05, 3.63) is 35.4 Å². The molecule has 26 heavy (non-hydrogen) atoms. The summed E-state index contributed by atoms with van der Waals surface area (Å²) in [6, 6.07) is 7.80. The number of carbonyl (C=O) groups is 2. The van der Waals surface area contributed by atoms with Gasteiger partial charge in [0.2, 0.25) is 11.8 Å². The summed E-state index contributed by atoms with van der Waals surface area (Å²) in [5.74, 6) is 0.0587. The van der Waals surface area contributed by atoms with E-state index in [-0.39, 0.29) is 17.9 Å². The zero-order valence-corrected chi connectivity index (χ0v) is 15.6. The molecule has 6 heteroatoms. The van der Waals surface area contributed by atoms with Crippen molar-refractivity contribution in [3.63, 3.8) is 0 Å². The summed E-state index contributed by atoms with van der Waals surface area (Å²) in [5, 5.41) is 3.03. The van der Waals surface area contributed by atoms with Crippen LogP contribution in [0.3, 0.4) is 0 Å². The third-order valence-electron chi connectivity index (χ3n) is 5.31. The molecular weight excluding hydrogens is 330 g/mol. The first-order valence-electron chi connectivity index (χ1n) is 9.67. The van der Waals surface area contributed by atoms with Crippen molar-refractivity contribution in [1.82, 2.24) is 10.2 Å². The molecule has 1 unspecified atom stereocenters. The van der Waals surface area contributed by atoms with Crippen LogP contribution in [0.1, 0.15) is 30.4 Å². The van der Waals surface area contributed by atoms with E-state index < -0.39 is 0 Å². The van der Waals surface area contributed by atoms with E-state index in [1.54, 1.807) is 9.80 Å². The lowest BCUT2D eigenvalue weighted by Crippen LogP contribution is -3.14. The van der Waals surface area contributed by atoms with Gasteiger partial charge in [-0.3, -0.25) is 9.59 Å². The third kappa shape index (κ3) is 5.05. The van der Waals surface area contributed by atoms with Gasteiger partial charge in [0, 0.05) is 25.9 Å². The van der Waals surface area contributed by atoms with Gasteiger partial charge in [-0.05, 0) is 18.9 Å². The molecular formula is C20H30N3O3+. The Morgan fingerprint density at radius 3 is 2.73 bits per heavy atom. The van der Waals surface area contributed by atoms with Crippen LogP contribution >= 0.6 is 0 Å². The van der Waals surface area contributed by atoms with Crippen LogP contribution in [0.15, 0.2) is 24.3 Å². The Morgan fingerprint density at radius 2 is 2.00 bits per heavy atom. The van der Waals surface area contributed by atoms with Crippen molar-refractivity contribution in [3.8, 4) is 0 Å². The Balaban J connectivity index is 1.45. The summed E-state index contributed by atoms with van der Waals surface area (Å²) < 4.78 is 5.36. The predicted molar refractivity (Wildman–Crippen MR) is 98.8 cm³/mol. The second kappa shape index (κ2) is 9.14. The number of benzene rings is 1. The Bertz CT molecular complexity index is 611. The van der Waals surface area contributed by atoms with E-state index in [1.165, 1.54) is 5.56 Å². The number of carbonyl (C=O) groups excluding carboxylic acids is 2. The Hall–Kier alpha value is -1.92. The second-order valence-corrected chi connectivity index (χ2v) is 7.32. The minimum absolute atomic E-state index is 0.0139. The van der Waals surface area contributed by atoms with Gasteiger partial charge in [0.15, 0.2) is 0 Å². The summed E-state index contributed by atoms with van der Waals surface area (Å²) in [6.45, 7) is 8.05. The van der Waals surface area contributed by atoms with Crippen molar-refractivity contribution in [1.29, 1.82) is 0 Å². The first-order valence-corrected chi connectivity index (χ1v) is 9.67. The molecule has 2 saturated heterocycles. The molecule has 1 aromatic carbocycles. The van der Waals surface area contributed by atoms with E-state index in [0.29, 0.717) is 25.9 Å². The fraction of sp³-hybridized carbons (Fsp3) is 0.600. The Morgan fingerprint density at radius 1 is 1.27 bits per heavy atom. The number of aryl methyl sites for hydroxylation is 1. The summed E-state index contributed by atoms with van der Waals surface area (Å²) in [6.07, 6.45) is 2.03. The fourth-order valence-corrected chi connectivity index (χ4v) is 3.67. The SMILES string of the molecule is Cc1ccc(CN2C(=O)CCC2C(=O)NCCC[NH+]2CCOCC2)cc1. The first-order chi connectivity index (χ1) is 12.6. The van der Waals surface area contributed by atoms with Crippen LogP contribution in [0.4, 0.5) is 0 Å². The third-order valence-corrected chi connectivity index (χ3v) is 5.31. The summed E-state index contributed by atoms with van der Waals surface area (Å²) in [4.78, 5) is 28.1. The molecule has 3 rings (SSSR count). The minimum Gasteiger partial charge on any atom is -0.370 e. The van der Waals surface area contributed by atoms with Crippen LogP contribution in [-0.4, -0.2) is 62.1 Å². The maximum atomic E-state index is 12.6.